The van der Waals surface area contributed by atoms with Gasteiger partial charge in [-0.05, 0) is 66.1 Å². The first-order chi connectivity index (χ1) is 21.7. The molecule has 1 amide bonds. The van der Waals surface area contributed by atoms with Gasteiger partial charge in [0.2, 0.25) is 11.5 Å². The molecule has 1 heterocycles. The number of aliphatic hydroxyl groups excluding tert-OH is 1. The largest absolute Gasteiger partial charge is 0.487 e. The zero-order valence-electron chi connectivity index (χ0n) is 24.3. The average Bonchev–Trinajstić information content (AvgIpc) is 3.05. The van der Waals surface area contributed by atoms with E-state index in [0.717, 1.165) is 17.2 Å². The summed E-state index contributed by atoms with van der Waals surface area (Å²) in [4.78, 5) is 26.2. The van der Waals surface area contributed by atoms with Crippen LogP contribution in [0.2, 0.25) is 0 Å². The first-order valence-corrected chi connectivity index (χ1v) is 14.4. The quantitative estimate of drug-likeness (QED) is 0.127. The highest BCUT2D eigenvalue weighted by Gasteiger charge is 2.33. The lowest BCUT2D eigenvalue weighted by Gasteiger charge is -2.18. The van der Waals surface area contributed by atoms with E-state index >= 15 is 0 Å². The molecule has 0 aliphatic heterocycles. The molecule has 0 fully saturated rings. The number of primary amides is 1. The predicted molar refractivity (Wildman–Crippen MR) is 168 cm³/mol. The third kappa shape index (κ3) is 8.11. The fourth-order valence-electron chi connectivity index (χ4n) is 4.89. The molecule has 5 rings (SSSR count). The number of rotatable bonds is 14. The first kappa shape index (κ1) is 31.4. The second kappa shape index (κ2) is 14.1. The maximum Gasteiger partial charge on any atom is 0.306 e. The van der Waals surface area contributed by atoms with Gasteiger partial charge in [-0.25, -0.2) is 0 Å². The molecule has 0 saturated heterocycles. The normalized spacial score (nSPS) is 12.2. The molecule has 0 unspecified atom stereocenters. The Bertz CT molecular complexity index is 1810. The van der Waals surface area contributed by atoms with Gasteiger partial charge in [0.25, 0.3) is 0 Å². The molecule has 0 aliphatic rings. The van der Waals surface area contributed by atoms with Crippen molar-refractivity contribution in [3.63, 3.8) is 0 Å². The molecule has 0 aliphatic carbocycles. The van der Waals surface area contributed by atoms with Crippen LogP contribution in [0.1, 0.15) is 38.7 Å². The van der Waals surface area contributed by atoms with Crippen LogP contribution in [0, 0.1) is 0 Å². The van der Waals surface area contributed by atoms with E-state index in [1.807, 2.05) is 30.3 Å². The Kier molecular flexibility index (Phi) is 9.86. The summed E-state index contributed by atoms with van der Waals surface area (Å²) in [5.74, 6) is -3.29. The molecule has 232 valence electrons. The first-order valence-electron chi connectivity index (χ1n) is 14.4. The molecule has 0 saturated carbocycles. The van der Waals surface area contributed by atoms with Gasteiger partial charge in [0.15, 0.2) is 6.61 Å². The number of nitrogens with two attached hydrogens (primary N) is 1. The Morgan fingerprint density at radius 3 is 2.44 bits per heavy atom. The van der Waals surface area contributed by atoms with Crippen molar-refractivity contribution in [2.45, 2.75) is 25.1 Å². The number of carbonyl (C=O) groups is 1. The second-order valence-corrected chi connectivity index (χ2v) is 10.6. The lowest BCUT2D eigenvalue weighted by atomic mass is 10.0. The number of carbonyl (C=O) groups excluding carboxylic acids is 1. The van der Waals surface area contributed by atoms with Gasteiger partial charge in [-0.1, -0.05) is 60.7 Å². The number of hydrogen-bond donors (Lipinski definition) is 4. The molecule has 0 radical (unpaired) electrons. The number of aromatic nitrogens is 1. The van der Waals surface area contributed by atoms with Gasteiger partial charge in [0.1, 0.15) is 18.1 Å². The number of benzene rings is 4. The number of H-pyrrole nitrogens is 1. The molecule has 45 heavy (non-hydrogen) atoms. The number of fused-ring (bicyclic) bond motifs is 1. The molecule has 0 bridgehead atoms. The third-order valence-corrected chi connectivity index (χ3v) is 7.33. The molecule has 10 heteroatoms. The van der Waals surface area contributed by atoms with E-state index in [1.165, 1.54) is 24.3 Å². The smallest absolute Gasteiger partial charge is 0.306 e. The van der Waals surface area contributed by atoms with Crippen molar-refractivity contribution in [3.05, 3.63) is 141 Å². The molecular formula is C35H33F2N3O5. The number of aliphatic hydroxyl groups is 1. The second-order valence-electron chi connectivity index (χ2n) is 10.6. The standard InChI is InChI=1S/C35H33F2N3O5/c36-35(37,26-8-4-7-25(19-26)34(38)43)22-45-27-11-9-23(10-12-27)17-18-39-20-30(41)28-13-15-31(33-29(28)14-16-32(42)40-33)44-21-24-5-2-1-3-6-24/h1-16,19,30,39,41H,17-18,20-22H2,(H2,38,43)(H,40,42)/t30-/m0/s1. The zero-order chi connectivity index (χ0) is 31.8. The van der Waals surface area contributed by atoms with Crippen LogP contribution in [0.25, 0.3) is 10.9 Å². The highest BCUT2D eigenvalue weighted by Crippen LogP contribution is 2.31. The molecule has 1 atom stereocenters. The van der Waals surface area contributed by atoms with E-state index in [2.05, 4.69) is 10.3 Å². The van der Waals surface area contributed by atoms with E-state index in [9.17, 15) is 23.5 Å². The Balaban J connectivity index is 1.13. The maximum atomic E-state index is 14.7. The van der Waals surface area contributed by atoms with E-state index in [4.69, 9.17) is 15.2 Å². The van der Waals surface area contributed by atoms with Crippen molar-refractivity contribution in [2.75, 3.05) is 19.7 Å². The summed E-state index contributed by atoms with van der Waals surface area (Å²) in [6.45, 7) is 0.268. The lowest BCUT2D eigenvalue weighted by molar-refractivity contribution is -0.0467. The minimum absolute atomic E-state index is 0.00406. The van der Waals surface area contributed by atoms with Crippen LogP contribution >= 0.6 is 0 Å². The fourth-order valence-corrected chi connectivity index (χ4v) is 4.89. The van der Waals surface area contributed by atoms with Crippen LogP contribution in [0.5, 0.6) is 11.5 Å². The number of alkyl halides is 2. The molecule has 1 aromatic heterocycles. The lowest BCUT2D eigenvalue weighted by Crippen LogP contribution is -2.24. The summed E-state index contributed by atoms with van der Waals surface area (Å²) in [7, 11) is 0. The molecule has 8 nitrogen and oxygen atoms in total. The minimum Gasteiger partial charge on any atom is -0.487 e. The summed E-state index contributed by atoms with van der Waals surface area (Å²) in [5.41, 5.74) is 7.70. The highest BCUT2D eigenvalue weighted by atomic mass is 19.3. The number of hydrogen-bond acceptors (Lipinski definition) is 6. The number of halogens is 2. The summed E-state index contributed by atoms with van der Waals surface area (Å²) < 4.78 is 40.6. The third-order valence-electron chi connectivity index (χ3n) is 7.33. The molecule has 5 aromatic rings. The fraction of sp³-hybridized carbons (Fsp3) is 0.200. The van der Waals surface area contributed by atoms with Gasteiger partial charge in [-0.2, -0.15) is 8.78 Å². The minimum atomic E-state index is -3.31. The summed E-state index contributed by atoms with van der Waals surface area (Å²) >= 11 is 0. The molecule has 4 aromatic carbocycles. The Morgan fingerprint density at radius 1 is 0.911 bits per heavy atom. The van der Waals surface area contributed by atoms with Crippen LogP contribution < -0.4 is 26.1 Å². The van der Waals surface area contributed by atoms with Crippen molar-refractivity contribution < 1.29 is 28.2 Å². The number of pyridine rings is 1. The highest BCUT2D eigenvalue weighted by molar-refractivity contribution is 5.93. The Labute approximate surface area is 258 Å². The summed E-state index contributed by atoms with van der Waals surface area (Å²) in [6.07, 6.45) is -0.216. The number of amides is 1. The van der Waals surface area contributed by atoms with Crippen molar-refractivity contribution in [1.82, 2.24) is 10.3 Å². The predicted octanol–water partition coefficient (Wildman–Crippen LogP) is 5.24. The van der Waals surface area contributed by atoms with Crippen LogP contribution in [-0.4, -0.2) is 35.7 Å². The average molecular weight is 614 g/mol. The zero-order valence-corrected chi connectivity index (χ0v) is 24.3. The Hall–Kier alpha value is -5.06. The SMILES string of the molecule is NC(=O)c1cccc(C(F)(F)COc2ccc(CCNC[C@H](O)c3ccc(OCc4ccccc4)c4[nH]c(=O)ccc34)cc2)c1. The van der Waals surface area contributed by atoms with Gasteiger partial charge in [0, 0.05) is 29.1 Å². The number of nitrogens with one attached hydrogen (secondary N) is 2. The van der Waals surface area contributed by atoms with Crippen molar-refractivity contribution in [1.29, 1.82) is 0 Å². The van der Waals surface area contributed by atoms with Crippen molar-refractivity contribution in [3.8, 4) is 11.5 Å². The van der Waals surface area contributed by atoms with E-state index in [-0.39, 0.29) is 29.0 Å². The van der Waals surface area contributed by atoms with Crippen molar-refractivity contribution >= 4 is 16.8 Å². The van der Waals surface area contributed by atoms with Crippen LogP contribution in [0.15, 0.2) is 108 Å². The van der Waals surface area contributed by atoms with E-state index < -0.39 is 24.5 Å². The molecular weight excluding hydrogens is 580 g/mol. The number of aromatic amines is 1. The van der Waals surface area contributed by atoms with Gasteiger partial charge >= 0.3 is 5.92 Å². The van der Waals surface area contributed by atoms with Crippen molar-refractivity contribution in [2.24, 2.45) is 5.73 Å². The summed E-state index contributed by atoms with van der Waals surface area (Å²) in [6, 6.07) is 28.2. The topological polar surface area (TPSA) is 127 Å². The van der Waals surface area contributed by atoms with Gasteiger partial charge in [-0.3, -0.25) is 9.59 Å². The van der Waals surface area contributed by atoms with Crippen LogP contribution in [-0.2, 0) is 19.0 Å². The monoisotopic (exact) mass is 613 g/mol. The molecule has 5 N–H and O–H groups in total. The Morgan fingerprint density at radius 2 is 1.69 bits per heavy atom. The van der Waals surface area contributed by atoms with E-state index in [0.29, 0.717) is 41.8 Å². The van der Waals surface area contributed by atoms with Crippen LogP contribution in [0.4, 0.5) is 8.78 Å². The maximum absolute atomic E-state index is 14.7. The summed E-state index contributed by atoms with van der Waals surface area (Å²) in [5, 5.41) is 14.9. The van der Waals surface area contributed by atoms with Gasteiger partial charge < -0.3 is 30.6 Å². The number of ether oxygens (including phenoxy) is 2. The van der Waals surface area contributed by atoms with E-state index in [1.54, 1.807) is 42.5 Å². The van der Waals surface area contributed by atoms with Gasteiger partial charge in [-0.15, -0.1) is 0 Å². The van der Waals surface area contributed by atoms with Gasteiger partial charge in [0.05, 0.1) is 11.6 Å². The molecule has 0 spiro atoms. The van der Waals surface area contributed by atoms with Crippen LogP contribution in [0.3, 0.4) is 0 Å².